The molecule has 2 heterocycles. The van der Waals surface area contributed by atoms with Crippen LogP contribution in [0.5, 0.6) is 0 Å². The Morgan fingerprint density at radius 3 is 2.71 bits per heavy atom. The highest BCUT2D eigenvalue weighted by Crippen LogP contribution is 2.17. The maximum atomic E-state index is 12.0. The average molecular weight is 387 g/mol. The smallest absolute Gasteiger partial charge is 0.250 e. The SMILES string of the molecule is CN=C(NCCNS(=O)(=O)c1cccs1)NCC(C)c1ccsc1. The molecule has 132 valence electrons. The Bertz CT molecular complexity index is 725. The number of nitrogens with zero attached hydrogens (tertiary/aromatic N) is 1. The van der Waals surface area contributed by atoms with Gasteiger partial charge >= 0.3 is 0 Å². The third-order valence-corrected chi connectivity index (χ3v) is 6.94. The van der Waals surface area contributed by atoms with E-state index in [2.05, 4.69) is 44.1 Å². The van der Waals surface area contributed by atoms with Crippen LogP contribution >= 0.6 is 22.7 Å². The Hall–Kier alpha value is -1.42. The van der Waals surface area contributed by atoms with Crippen molar-refractivity contribution in [1.82, 2.24) is 15.4 Å². The third-order valence-electron chi connectivity index (χ3n) is 3.38. The van der Waals surface area contributed by atoms with Gasteiger partial charge in [-0.15, -0.1) is 11.3 Å². The van der Waals surface area contributed by atoms with Crippen molar-refractivity contribution in [2.75, 3.05) is 26.7 Å². The minimum Gasteiger partial charge on any atom is -0.356 e. The fourth-order valence-electron chi connectivity index (χ4n) is 2.00. The van der Waals surface area contributed by atoms with Gasteiger partial charge in [-0.1, -0.05) is 13.0 Å². The fourth-order valence-corrected chi connectivity index (χ4v) is 4.85. The van der Waals surface area contributed by atoms with E-state index in [-0.39, 0.29) is 0 Å². The highest BCUT2D eigenvalue weighted by molar-refractivity contribution is 7.91. The highest BCUT2D eigenvalue weighted by Gasteiger charge is 2.14. The average Bonchev–Trinajstić information content (AvgIpc) is 3.27. The van der Waals surface area contributed by atoms with Crippen molar-refractivity contribution in [3.05, 3.63) is 39.9 Å². The van der Waals surface area contributed by atoms with Crippen LogP contribution in [0.3, 0.4) is 0 Å². The number of thiophene rings is 2. The lowest BCUT2D eigenvalue weighted by molar-refractivity contribution is 0.582. The minimum atomic E-state index is -3.41. The second kappa shape index (κ2) is 9.16. The summed E-state index contributed by atoms with van der Waals surface area (Å²) >= 11 is 2.89. The molecule has 6 nitrogen and oxygen atoms in total. The molecule has 0 amide bonds. The quantitative estimate of drug-likeness (QED) is 0.368. The van der Waals surface area contributed by atoms with Crippen LogP contribution in [0, 0.1) is 0 Å². The van der Waals surface area contributed by atoms with E-state index in [9.17, 15) is 8.42 Å². The number of hydrogen-bond donors (Lipinski definition) is 3. The Morgan fingerprint density at radius 2 is 2.08 bits per heavy atom. The second-order valence-electron chi connectivity index (χ2n) is 5.17. The number of nitrogens with one attached hydrogen (secondary N) is 3. The summed E-state index contributed by atoms with van der Waals surface area (Å²) in [5, 5.41) is 12.3. The molecule has 24 heavy (non-hydrogen) atoms. The van der Waals surface area contributed by atoms with Crippen molar-refractivity contribution in [3.63, 3.8) is 0 Å². The van der Waals surface area contributed by atoms with Crippen molar-refractivity contribution in [2.45, 2.75) is 17.1 Å². The van der Waals surface area contributed by atoms with Gasteiger partial charge in [-0.25, -0.2) is 13.1 Å². The van der Waals surface area contributed by atoms with Gasteiger partial charge in [0.25, 0.3) is 0 Å². The van der Waals surface area contributed by atoms with Gasteiger partial charge in [-0.2, -0.15) is 11.3 Å². The number of aliphatic imine (C=N–C) groups is 1. The third kappa shape index (κ3) is 5.59. The Labute approximate surface area is 151 Å². The summed E-state index contributed by atoms with van der Waals surface area (Å²) in [6.45, 7) is 3.66. The van der Waals surface area contributed by atoms with Crippen LogP contribution in [0.25, 0.3) is 0 Å². The first-order valence-electron chi connectivity index (χ1n) is 7.52. The summed E-state index contributed by atoms with van der Waals surface area (Å²) in [5.41, 5.74) is 1.30. The molecule has 9 heteroatoms. The lowest BCUT2D eigenvalue weighted by atomic mass is 10.1. The molecule has 0 saturated heterocycles. The number of guanidine groups is 1. The van der Waals surface area contributed by atoms with Crippen LogP contribution in [0.1, 0.15) is 18.4 Å². The zero-order valence-corrected chi connectivity index (χ0v) is 16.1. The molecule has 1 unspecified atom stereocenters. The molecule has 0 aliphatic rings. The van der Waals surface area contributed by atoms with Crippen LogP contribution in [-0.4, -0.2) is 41.1 Å². The molecule has 0 bridgehead atoms. The van der Waals surface area contributed by atoms with Gasteiger partial charge in [0.1, 0.15) is 4.21 Å². The molecule has 0 aliphatic carbocycles. The predicted molar refractivity (Wildman–Crippen MR) is 102 cm³/mol. The molecule has 2 aromatic heterocycles. The van der Waals surface area contributed by atoms with Gasteiger partial charge in [-0.3, -0.25) is 4.99 Å². The van der Waals surface area contributed by atoms with E-state index in [0.29, 0.717) is 29.2 Å². The van der Waals surface area contributed by atoms with Gasteiger partial charge in [0.2, 0.25) is 10.0 Å². The molecule has 1 atom stereocenters. The standard InChI is InChI=1S/C15H22N4O2S3/c1-12(13-5-9-22-11-13)10-18-15(16-2)17-6-7-19-24(20,21)14-4-3-8-23-14/h3-5,8-9,11-12,19H,6-7,10H2,1-2H3,(H2,16,17,18). The van der Waals surface area contributed by atoms with Gasteiger partial charge in [-0.05, 0) is 39.8 Å². The molecule has 0 aromatic carbocycles. The number of sulfonamides is 1. The van der Waals surface area contributed by atoms with Crippen molar-refractivity contribution < 1.29 is 8.42 Å². The van der Waals surface area contributed by atoms with E-state index in [4.69, 9.17) is 0 Å². The lowest BCUT2D eigenvalue weighted by Gasteiger charge is -2.15. The normalized spacial score (nSPS) is 13.7. The van der Waals surface area contributed by atoms with E-state index in [1.807, 2.05) is 0 Å². The summed E-state index contributed by atoms with van der Waals surface area (Å²) in [5.74, 6) is 1.04. The van der Waals surface area contributed by atoms with E-state index < -0.39 is 10.0 Å². The molecular formula is C15H22N4O2S3. The highest BCUT2D eigenvalue weighted by atomic mass is 32.2. The lowest BCUT2D eigenvalue weighted by Crippen LogP contribution is -2.42. The van der Waals surface area contributed by atoms with Gasteiger partial charge in [0, 0.05) is 26.7 Å². The number of hydrogen-bond acceptors (Lipinski definition) is 5. The largest absolute Gasteiger partial charge is 0.356 e. The van der Waals surface area contributed by atoms with Crippen LogP contribution in [-0.2, 0) is 10.0 Å². The Morgan fingerprint density at radius 1 is 1.25 bits per heavy atom. The zero-order chi connectivity index (χ0) is 17.4. The van der Waals surface area contributed by atoms with Crippen LogP contribution < -0.4 is 15.4 Å². The van der Waals surface area contributed by atoms with Crippen molar-refractivity contribution >= 4 is 38.7 Å². The summed E-state index contributed by atoms with van der Waals surface area (Å²) in [4.78, 5) is 4.15. The molecular weight excluding hydrogens is 364 g/mol. The maximum Gasteiger partial charge on any atom is 0.250 e. The van der Waals surface area contributed by atoms with Crippen molar-refractivity contribution in [3.8, 4) is 0 Å². The Kier molecular flexibility index (Phi) is 7.22. The molecule has 0 spiro atoms. The summed E-state index contributed by atoms with van der Waals surface area (Å²) in [7, 11) is -1.71. The van der Waals surface area contributed by atoms with E-state index in [0.717, 1.165) is 6.54 Å². The van der Waals surface area contributed by atoms with Crippen LogP contribution in [0.15, 0.2) is 43.5 Å². The molecule has 2 aromatic rings. The first-order valence-corrected chi connectivity index (χ1v) is 10.8. The van der Waals surface area contributed by atoms with Gasteiger partial charge in [0.05, 0.1) is 0 Å². The minimum absolute atomic E-state index is 0.293. The monoisotopic (exact) mass is 386 g/mol. The molecule has 2 rings (SSSR count). The first-order chi connectivity index (χ1) is 11.5. The summed E-state index contributed by atoms with van der Waals surface area (Å²) in [6.07, 6.45) is 0. The van der Waals surface area contributed by atoms with Crippen LogP contribution in [0.2, 0.25) is 0 Å². The fraction of sp³-hybridized carbons (Fsp3) is 0.400. The van der Waals surface area contributed by atoms with E-state index in [1.54, 1.807) is 35.9 Å². The number of rotatable bonds is 8. The maximum absolute atomic E-state index is 12.0. The van der Waals surface area contributed by atoms with Gasteiger partial charge < -0.3 is 10.6 Å². The van der Waals surface area contributed by atoms with Crippen molar-refractivity contribution in [2.24, 2.45) is 4.99 Å². The molecule has 0 aliphatic heterocycles. The molecule has 0 saturated carbocycles. The van der Waals surface area contributed by atoms with Crippen LogP contribution in [0.4, 0.5) is 0 Å². The first kappa shape index (κ1) is 18.9. The van der Waals surface area contributed by atoms with E-state index >= 15 is 0 Å². The van der Waals surface area contributed by atoms with Crippen molar-refractivity contribution in [1.29, 1.82) is 0 Å². The summed E-state index contributed by atoms with van der Waals surface area (Å²) in [6, 6.07) is 5.43. The molecule has 0 radical (unpaired) electrons. The molecule has 0 fully saturated rings. The topological polar surface area (TPSA) is 82.6 Å². The Balaban J connectivity index is 1.70. The zero-order valence-electron chi connectivity index (χ0n) is 13.7. The molecule has 3 N–H and O–H groups in total. The summed E-state index contributed by atoms with van der Waals surface area (Å²) < 4.78 is 26.9. The van der Waals surface area contributed by atoms with Gasteiger partial charge in [0.15, 0.2) is 5.96 Å². The van der Waals surface area contributed by atoms with E-state index in [1.165, 1.54) is 16.9 Å². The second-order valence-corrected chi connectivity index (χ2v) is 8.89. The predicted octanol–water partition coefficient (Wildman–Crippen LogP) is 2.06.